The van der Waals surface area contributed by atoms with Crippen molar-refractivity contribution in [1.29, 1.82) is 0 Å². The average molecular weight is 232 g/mol. The second-order valence-electron chi connectivity index (χ2n) is 4.64. The van der Waals surface area contributed by atoms with Crippen molar-refractivity contribution in [2.24, 2.45) is 11.1 Å². The van der Waals surface area contributed by atoms with Crippen LogP contribution in [0.2, 0.25) is 5.02 Å². The van der Waals surface area contributed by atoms with Crippen LogP contribution < -0.4 is 5.73 Å². The summed E-state index contributed by atoms with van der Waals surface area (Å²) in [4.78, 5) is 0. The highest BCUT2D eigenvalue weighted by molar-refractivity contribution is 6.32. The minimum atomic E-state index is -0.601. The molecule has 0 aromatic heterocycles. The van der Waals surface area contributed by atoms with Crippen LogP contribution >= 0.6 is 11.6 Å². The van der Waals surface area contributed by atoms with Gasteiger partial charge >= 0.3 is 0 Å². The third kappa shape index (κ3) is 2.41. The molecule has 1 atom stereocenters. The Hall–Kier alpha value is -0.800. The molecule has 0 aliphatic carbocycles. The van der Waals surface area contributed by atoms with Crippen molar-refractivity contribution in [2.75, 3.05) is 0 Å². The van der Waals surface area contributed by atoms with Gasteiger partial charge in [-0.25, -0.2) is 4.39 Å². The molecular weight excluding hydrogens is 217 g/mol. The Morgan fingerprint density at radius 3 is 2.40 bits per heavy atom. The molecule has 0 saturated carbocycles. The first kappa shape index (κ1) is 12.3. The van der Waals surface area contributed by atoms with Gasteiger partial charge < -0.3 is 10.8 Å². The van der Waals surface area contributed by atoms with Crippen molar-refractivity contribution in [2.45, 2.75) is 26.8 Å². The second-order valence-corrected chi connectivity index (χ2v) is 5.04. The van der Waals surface area contributed by atoms with E-state index in [9.17, 15) is 9.50 Å². The lowest BCUT2D eigenvalue weighted by Gasteiger charge is -2.28. The summed E-state index contributed by atoms with van der Waals surface area (Å²) < 4.78 is 13.5. The number of hydrogen-bond donors (Lipinski definition) is 2. The Morgan fingerprint density at radius 2 is 1.93 bits per heavy atom. The van der Waals surface area contributed by atoms with Crippen LogP contribution in [0, 0.1) is 11.2 Å². The van der Waals surface area contributed by atoms with Crippen LogP contribution in [0.1, 0.15) is 32.4 Å². The van der Waals surface area contributed by atoms with Crippen molar-refractivity contribution in [3.05, 3.63) is 28.5 Å². The zero-order valence-corrected chi connectivity index (χ0v) is 9.77. The van der Waals surface area contributed by atoms with E-state index < -0.39 is 11.9 Å². The Morgan fingerprint density at radius 1 is 1.40 bits per heavy atom. The van der Waals surface area contributed by atoms with Crippen LogP contribution in [-0.2, 0) is 0 Å². The molecule has 1 rings (SSSR count). The SMILES string of the molecule is CC(C)(C)[C@@H](N)c1c(F)ccc(Cl)c1O. The van der Waals surface area contributed by atoms with Crippen LogP contribution in [0.3, 0.4) is 0 Å². The fourth-order valence-corrected chi connectivity index (χ4v) is 1.45. The van der Waals surface area contributed by atoms with E-state index in [1.165, 1.54) is 12.1 Å². The van der Waals surface area contributed by atoms with Crippen LogP contribution in [0.25, 0.3) is 0 Å². The van der Waals surface area contributed by atoms with Gasteiger partial charge in [-0.05, 0) is 17.5 Å². The Labute approximate surface area is 93.9 Å². The van der Waals surface area contributed by atoms with Crippen molar-refractivity contribution in [3.63, 3.8) is 0 Å². The molecule has 3 N–H and O–H groups in total. The first-order chi connectivity index (χ1) is 6.75. The predicted octanol–water partition coefficient (Wildman–Crippen LogP) is 3.23. The van der Waals surface area contributed by atoms with Crippen LogP contribution in [0.5, 0.6) is 5.75 Å². The zero-order chi connectivity index (χ0) is 11.8. The normalized spacial score (nSPS) is 14.0. The molecule has 0 unspecified atom stereocenters. The number of phenols is 1. The van der Waals surface area contributed by atoms with Crippen LogP contribution in [-0.4, -0.2) is 5.11 Å². The van der Waals surface area contributed by atoms with Gasteiger partial charge in [-0.3, -0.25) is 0 Å². The van der Waals surface area contributed by atoms with E-state index in [4.69, 9.17) is 17.3 Å². The second kappa shape index (κ2) is 3.99. The third-order valence-electron chi connectivity index (χ3n) is 2.36. The molecule has 2 nitrogen and oxygen atoms in total. The summed E-state index contributed by atoms with van der Waals surface area (Å²) in [5.41, 5.74) is 5.62. The monoisotopic (exact) mass is 231 g/mol. The molecule has 1 aromatic carbocycles. The first-order valence-corrected chi connectivity index (χ1v) is 5.05. The summed E-state index contributed by atoms with van der Waals surface area (Å²) in [6.07, 6.45) is 0. The van der Waals surface area contributed by atoms with Gasteiger partial charge in [-0.1, -0.05) is 32.4 Å². The molecule has 0 aliphatic heterocycles. The molecule has 0 heterocycles. The number of halogens is 2. The maximum atomic E-state index is 13.5. The molecule has 0 radical (unpaired) electrons. The van der Waals surface area contributed by atoms with E-state index in [2.05, 4.69) is 0 Å². The zero-order valence-electron chi connectivity index (χ0n) is 9.01. The van der Waals surface area contributed by atoms with Crippen molar-refractivity contribution in [3.8, 4) is 5.75 Å². The lowest BCUT2D eigenvalue weighted by atomic mass is 9.82. The molecule has 84 valence electrons. The maximum absolute atomic E-state index is 13.5. The highest BCUT2D eigenvalue weighted by Gasteiger charge is 2.28. The van der Waals surface area contributed by atoms with E-state index in [-0.39, 0.29) is 21.8 Å². The maximum Gasteiger partial charge on any atom is 0.141 e. The van der Waals surface area contributed by atoms with Crippen LogP contribution in [0.15, 0.2) is 12.1 Å². The van der Waals surface area contributed by atoms with Gasteiger partial charge in [0.15, 0.2) is 0 Å². The summed E-state index contributed by atoms with van der Waals surface area (Å²) in [5, 5.41) is 9.78. The number of hydrogen-bond acceptors (Lipinski definition) is 2. The van der Waals surface area contributed by atoms with E-state index in [1.54, 1.807) is 0 Å². The number of rotatable bonds is 1. The predicted molar refractivity (Wildman–Crippen MR) is 59.5 cm³/mol. The molecule has 0 spiro atoms. The highest BCUT2D eigenvalue weighted by atomic mass is 35.5. The van der Waals surface area contributed by atoms with E-state index in [0.29, 0.717) is 0 Å². The van der Waals surface area contributed by atoms with Gasteiger partial charge in [0.1, 0.15) is 11.6 Å². The number of phenolic OH excluding ortho intramolecular Hbond substituents is 1. The largest absolute Gasteiger partial charge is 0.506 e. The Kier molecular flexibility index (Phi) is 3.26. The summed E-state index contributed by atoms with van der Waals surface area (Å²) in [7, 11) is 0. The van der Waals surface area contributed by atoms with Gasteiger partial charge in [-0.15, -0.1) is 0 Å². The quantitative estimate of drug-likeness (QED) is 0.780. The lowest BCUT2D eigenvalue weighted by Crippen LogP contribution is -2.27. The molecule has 1 aromatic rings. The highest BCUT2D eigenvalue weighted by Crippen LogP contribution is 2.39. The molecule has 0 fully saturated rings. The first-order valence-electron chi connectivity index (χ1n) is 4.67. The van der Waals surface area contributed by atoms with Crippen molar-refractivity contribution >= 4 is 11.6 Å². The topological polar surface area (TPSA) is 46.2 Å². The standard InChI is InChI=1S/C11H15ClFNO/c1-11(2,3)10(14)8-7(13)5-4-6(12)9(8)15/h4-5,10,15H,14H2,1-3H3/t10-/m0/s1. The van der Waals surface area contributed by atoms with E-state index in [1.807, 2.05) is 20.8 Å². The molecule has 0 saturated heterocycles. The molecule has 4 heteroatoms. The summed E-state index contributed by atoms with van der Waals surface area (Å²) in [5.74, 6) is -0.793. The minimum absolute atomic E-state index is 0.0787. The number of aromatic hydroxyl groups is 1. The molecule has 0 aliphatic rings. The number of nitrogens with two attached hydrogens (primary N) is 1. The Bertz CT molecular complexity index is 374. The van der Waals surface area contributed by atoms with Crippen LogP contribution in [0.4, 0.5) is 4.39 Å². The molecule has 0 bridgehead atoms. The third-order valence-corrected chi connectivity index (χ3v) is 2.66. The van der Waals surface area contributed by atoms with Gasteiger partial charge in [0.2, 0.25) is 0 Å². The Balaban J connectivity index is 3.31. The lowest BCUT2D eigenvalue weighted by molar-refractivity contribution is 0.309. The van der Waals surface area contributed by atoms with E-state index in [0.717, 1.165) is 0 Å². The smallest absolute Gasteiger partial charge is 0.141 e. The number of benzene rings is 1. The summed E-state index contributed by atoms with van der Waals surface area (Å²) >= 11 is 5.71. The molecule has 0 amide bonds. The van der Waals surface area contributed by atoms with Gasteiger partial charge in [0, 0.05) is 11.6 Å². The van der Waals surface area contributed by atoms with E-state index >= 15 is 0 Å². The minimum Gasteiger partial charge on any atom is -0.506 e. The summed E-state index contributed by atoms with van der Waals surface area (Å²) in [6.45, 7) is 5.62. The molecule has 15 heavy (non-hydrogen) atoms. The average Bonchev–Trinajstić information content (AvgIpc) is 2.10. The van der Waals surface area contributed by atoms with Crippen molar-refractivity contribution in [1.82, 2.24) is 0 Å². The fourth-order valence-electron chi connectivity index (χ4n) is 1.29. The van der Waals surface area contributed by atoms with Gasteiger partial charge in [0.25, 0.3) is 0 Å². The summed E-state index contributed by atoms with van der Waals surface area (Å²) in [6, 6.07) is 1.92. The fraction of sp³-hybridized carbons (Fsp3) is 0.455. The van der Waals surface area contributed by atoms with Gasteiger partial charge in [-0.2, -0.15) is 0 Å². The molecular formula is C11H15ClFNO. The van der Waals surface area contributed by atoms with Gasteiger partial charge in [0.05, 0.1) is 5.02 Å². The van der Waals surface area contributed by atoms with Crippen molar-refractivity contribution < 1.29 is 9.50 Å².